The van der Waals surface area contributed by atoms with Crippen molar-refractivity contribution in [2.24, 2.45) is 23.2 Å². The van der Waals surface area contributed by atoms with Crippen molar-refractivity contribution in [2.45, 2.75) is 121 Å². The van der Waals surface area contributed by atoms with Gasteiger partial charge in [-0.05, 0) is 0 Å². The fourth-order valence-electron chi connectivity index (χ4n) is 7.83. The molecule has 20 N–H and O–H groups in total. The lowest BCUT2D eigenvalue weighted by Crippen LogP contribution is -2.49. The number of hydrogen-bond acceptors (Lipinski definition) is 33. The second-order valence-corrected chi connectivity index (χ2v) is 26.4. The van der Waals surface area contributed by atoms with Crippen molar-refractivity contribution in [3.63, 3.8) is 0 Å². The van der Waals surface area contributed by atoms with E-state index in [1.54, 1.807) is 6.92 Å². The number of amides is 3. The van der Waals surface area contributed by atoms with E-state index < -0.39 is 140 Å². The summed E-state index contributed by atoms with van der Waals surface area (Å²) in [6.07, 6.45) is -21.9. The third-order valence-electron chi connectivity index (χ3n) is 13.6. The highest BCUT2D eigenvalue weighted by Crippen LogP contribution is 2.38. The van der Waals surface area contributed by atoms with Gasteiger partial charge in [0.05, 0.1) is 177 Å². The van der Waals surface area contributed by atoms with E-state index in [0.29, 0.717) is 0 Å². The van der Waals surface area contributed by atoms with Crippen molar-refractivity contribution >= 4 is 41.2 Å². The number of aliphatic hydroxyl groups excluding tert-OH is 11. The van der Waals surface area contributed by atoms with Crippen LogP contribution >= 0.6 is 23.5 Å². The highest BCUT2D eigenvalue weighted by Gasteiger charge is 2.38. The number of hydrogen-bond donors (Lipinski definition) is 20. The Labute approximate surface area is 573 Å². The van der Waals surface area contributed by atoms with Gasteiger partial charge in [-0.25, -0.2) is 13.7 Å². The Hall–Kier alpha value is -2.22. The number of nitrogens with one attached hydrogen (secondary N) is 3. The summed E-state index contributed by atoms with van der Waals surface area (Å²) in [6.45, 7) is 4.66. The number of ether oxygens (including phenoxy) is 13. The van der Waals surface area contributed by atoms with Gasteiger partial charge in [0, 0.05) is 69.2 Å². The van der Waals surface area contributed by atoms with E-state index in [-0.39, 0.29) is 195 Å². The van der Waals surface area contributed by atoms with Crippen LogP contribution in [0.15, 0.2) is 0 Å². The standard InChI is InChI=1S/C54H110N3O39P3/c1-36(30-94-97(72,73)74)42(61)45(64)48(67)51(70)91-27-24-85-21-18-82-15-9-55-39(58)6-12-88-33-54(4,34-89-13-7-40(59)56-10-16-83-19-22-86-25-28-92-52(71)49(68)46(65)43(62)37(2)31-95-98(75,76)77)35-90-14-8-41(60)57-11-17-84-20-23-87-26-29-93-53(81-5)50(69)47(66)44(63)38(3)32-96-99(78,79)80/h36-38,42-53,61-71H,6-35H2,1-5H3,(H,55,58)(H,56,59)(H,57,60)(H2,72,73,74)(H2,75,76,77)(H2,78,79,80). The number of phosphoric acid groups is 3. The molecule has 99 heavy (non-hydrogen) atoms. The second kappa shape index (κ2) is 55.3. The molecule has 0 bridgehead atoms. The minimum Gasteiger partial charge on any atom is -0.390 e. The van der Waals surface area contributed by atoms with Crippen molar-refractivity contribution in [3.05, 3.63) is 0 Å². The van der Waals surface area contributed by atoms with Crippen LogP contribution in [-0.2, 0) is 103 Å². The van der Waals surface area contributed by atoms with E-state index in [2.05, 4.69) is 29.5 Å². The molecule has 0 aromatic rings. The van der Waals surface area contributed by atoms with Gasteiger partial charge in [-0.15, -0.1) is 0 Å². The van der Waals surface area contributed by atoms with Crippen LogP contribution in [0.2, 0.25) is 0 Å². The summed E-state index contributed by atoms with van der Waals surface area (Å²) < 4.78 is 116. The molecular formula is C54H110N3O39P3. The molecule has 0 fully saturated rings. The molecule has 0 saturated heterocycles. The topological polar surface area (TPSA) is 630 Å². The van der Waals surface area contributed by atoms with E-state index in [1.807, 2.05) is 0 Å². The Morgan fingerprint density at radius 2 is 0.596 bits per heavy atom. The predicted octanol–water partition coefficient (Wildman–Crippen LogP) is -7.20. The Morgan fingerprint density at radius 1 is 0.343 bits per heavy atom. The van der Waals surface area contributed by atoms with Crippen LogP contribution in [0.1, 0.15) is 47.0 Å². The van der Waals surface area contributed by atoms with E-state index in [1.165, 1.54) is 27.9 Å². The normalized spacial score (nSPS) is 17.8. The van der Waals surface area contributed by atoms with Gasteiger partial charge in [0.25, 0.3) is 0 Å². The van der Waals surface area contributed by atoms with Crippen LogP contribution < -0.4 is 16.0 Å². The summed E-state index contributed by atoms with van der Waals surface area (Å²) >= 11 is 0. The molecule has 3 amide bonds. The van der Waals surface area contributed by atoms with E-state index in [0.717, 1.165) is 0 Å². The molecule has 42 nitrogen and oxygen atoms in total. The van der Waals surface area contributed by atoms with Gasteiger partial charge in [0.2, 0.25) is 17.7 Å². The summed E-state index contributed by atoms with van der Waals surface area (Å²) in [7, 11) is -13.3. The van der Waals surface area contributed by atoms with Gasteiger partial charge in [0.15, 0.2) is 18.9 Å². The molecule has 0 rings (SSSR count). The molecule has 15 unspecified atom stereocenters. The average molecular weight is 1520 g/mol. The maximum atomic E-state index is 12.6. The van der Waals surface area contributed by atoms with Crippen molar-refractivity contribution in [1.29, 1.82) is 0 Å². The summed E-state index contributed by atoms with van der Waals surface area (Å²) in [6, 6.07) is 0. The molecule has 0 aromatic carbocycles. The number of aliphatic hydroxyl groups is 11. The van der Waals surface area contributed by atoms with Crippen LogP contribution in [0.3, 0.4) is 0 Å². The summed E-state index contributed by atoms with van der Waals surface area (Å²) in [5, 5.41) is 120. The van der Waals surface area contributed by atoms with Gasteiger partial charge in [-0.3, -0.25) is 28.0 Å². The van der Waals surface area contributed by atoms with Crippen LogP contribution in [0.25, 0.3) is 0 Å². The molecular weight excluding hydrogens is 1410 g/mol. The third-order valence-corrected chi connectivity index (χ3v) is 15.1. The zero-order valence-corrected chi connectivity index (χ0v) is 59.0. The zero-order valence-electron chi connectivity index (χ0n) is 56.3. The van der Waals surface area contributed by atoms with Crippen molar-refractivity contribution in [2.75, 3.05) is 185 Å². The second-order valence-electron chi connectivity index (χ2n) is 22.6. The monoisotopic (exact) mass is 1520 g/mol. The summed E-state index contributed by atoms with van der Waals surface area (Å²) in [5.41, 5.74) is -0.828. The predicted molar refractivity (Wildman–Crippen MR) is 335 cm³/mol. The molecule has 590 valence electrons. The minimum atomic E-state index is -4.84. The quantitative estimate of drug-likeness (QED) is 0.0153. The highest BCUT2D eigenvalue weighted by atomic mass is 31.2. The molecule has 0 aliphatic heterocycles. The van der Waals surface area contributed by atoms with Crippen molar-refractivity contribution in [1.82, 2.24) is 16.0 Å². The zero-order chi connectivity index (χ0) is 75.0. The molecule has 0 aromatic heterocycles. The lowest BCUT2D eigenvalue weighted by molar-refractivity contribution is -0.222. The first-order chi connectivity index (χ1) is 46.5. The SMILES string of the molecule is COC(OCCOCCOCCNC(=O)CCOCC(C)(COCCC(=O)NCCOCCOCCOC(O)C(O)C(O)C(O)C(C)COP(=O)(O)O)COCCC(=O)NCCOCCOCCOC(O)C(O)C(O)C(O)C(C)COP(=O)(O)O)C(O)C(O)C(O)C(C)COP(=O)(O)O. The molecule has 0 aliphatic rings. The Bertz CT molecular complexity index is 2120. The van der Waals surface area contributed by atoms with E-state index >= 15 is 0 Å². The van der Waals surface area contributed by atoms with Gasteiger partial charge in [0.1, 0.15) is 36.6 Å². The lowest BCUT2D eigenvalue weighted by atomic mass is 9.94. The smallest absolute Gasteiger partial charge is 0.390 e. The van der Waals surface area contributed by atoms with Crippen LogP contribution in [-0.4, -0.2) is 362 Å². The largest absolute Gasteiger partial charge is 0.469 e. The number of phosphoric ester groups is 3. The molecule has 15 atom stereocenters. The Morgan fingerprint density at radius 3 is 0.869 bits per heavy atom. The summed E-state index contributed by atoms with van der Waals surface area (Å²) in [5.74, 6) is -4.10. The third kappa shape index (κ3) is 50.8. The van der Waals surface area contributed by atoms with Gasteiger partial charge < -0.3 is 163 Å². The maximum absolute atomic E-state index is 12.6. The Balaban J connectivity index is 4.86. The van der Waals surface area contributed by atoms with Crippen molar-refractivity contribution in [3.8, 4) is 0 Å². The van der Waals surface area contributed by atoms with Gasteiger partial charge in [-0.2, -0.15) is 0 Å². The van der Waals surface area contributed by atoms with Crippen molar-refractivity contribution < 1.29 is 189 Å². The highest BCUT2D eigenvalue weighted by molar-refractivity contribution is 7.46. The molecule has 0 heterocycles. The average Bonchev–Trinajstić information content (AvgIpc) is 0.888. The molecule has 0 spiro atoms. The molecule has 0 aliphatic carbocycles. The fourth-order valence-corrected chi connectivity index (χ4v) is 9.12. The maximum Gasteiger partial charge on any atom is 0.469 e. The minimum absolute atomic E-state index is 0.00199. The van der Waals surface area contributed by atoms with Crippen LogP contribution in [0.4, 0.5) is 0 Å². The van der Waals surface area contributed by atoms with Crippen LogP contribution in [0.5, 0.6) is 0 Å². The molecule has 0 saturated carbocycles. The number of carbonyl (C=O) groups excluding carboxylic acids is 3. The first-order valence-electron chi connectivity index (χ1n) is 31.4. The van der Waals surface area contributed by atoms with E-state index in [9.17, 15) is 84.3 Å². The van der Waals surface area contributed by atoms with Gasteiger partial charge in [-0.1, -0.05) is 27.7 Å². The lowest BCUT2D eigenvalue weighted by Gasteiger charge is -2.31. The number of carbonyl (C=O) groups is 3. The first kappa shape index (κ1) is 96.8. The molecule has 45 heteroatoms. The molecule has 0 radical (unpaired) electrons. The fraction of sp³-hybridized carbons (Fsp3) is 0.944. The first-order valence-corrected chi connectivity index (χ1v) is 36.0. The van der Waals surface area contributed by atoms with Crippen LogP contribution in [0, 0.1) is 23.2 Å². The van der Waals surface area contributed by atoms with E-state index in [4.69, 9.17) is 90.9 Å². The Kier molecular flexibility index (Phi) is 54.0. The summed E-state index contributed by atoms with van der Waals surface area (Å²) in [4.78, 5) is 90.7. The number of methoxy groups -OCH3 is 1. The van der Waals surface area contributed by atoms with Gasteiger partial charge >= 0.3 is 23.5 Å². The number of rotatable bonds is 67.